The summed E-state index contributed by atoms with van der Waals surface area (Å²) >= 11 is 0. The zero-order valence-electron chi connectivity index (χ0n) is 23.5. The molecular formula is C28H39N2O9+. The lowest BCUT2D eigenvalue weighted by Crippen LogP contribution is -2.32. The number of nitroso groups, excluding NO2 is 1. The van der Waals surface area contributed by atoms with Crippen LogP contribution in [-0.2, 0) is 18.9 Å². The minimum atomic E-state index is -0.859. The van der Waals surface area contributed by atoms with Crippen LogP contribution in [0.5, 0.6) is 11.5 Å². The number of ether oxygens (including phenoxy) is 6. The Kier molecular flexibility index (Phi) is 12.1. The monoisotopic (exact) mass is 547 g/mol. The highest BCUT2D eigenvalue weighted by Crippen LogP contribution is 2.21. The molecule has 214 valence electrons. The molecule has 2 aromatic rings. The molecule has 0 aliphatic heterocycles. The molecule has 2 aromatic carbocycles. The van der Waals surface area contributed by atoms with Crippen molar-refractivity contribution in [3.63, 3.8) is 0 Å². The average molecular weight is 548 g/mol. The van der Waals surface area contributed by atoms with E-state index >= 15 is 0 Å². The summed E-state index contributed by atoms with van der Waals surface area (Å²) in [6, 6.07) is 13.0. The highest BCUT2D eigenvalue weighted by molar-refractivity contribution is 5.64. The Morgan fingerprint density at radius 3 is 1.69 bits per heavy atom. The molecule has 0 saturated heterocycles. The third-order valence-electron chi connectivity index (χ3n) is 5.66. The van der Waals surface area contributed by atoms with E-state index in [2.05, 4.69) is 5.32 Å². The van der Waals surface area contributed by atoms with E-state index < -0.39 is 23.5 Å². The van der Waals surface area contributed by atoms with Gasteiger partial charge in [-0.3, -0.25) is 0 Å². The first kappa shape index (κ1) is 31.5. The Morgan fingerprint density at radius 1 is 0.718 bits per heavy atom. The van der Waals surface area contributed by atoms with Gasteiger partial charge >= 0.3 is 12.3 Å². The standard InChI is InChI=1S/C28H39N2O9/c1-27(2,15-17-34-25(31)38-23-11-7-21(29-5)8-12-23)36-18-16-28(3,4)37-20-19-35-26(32)39-24-13-9-22(10-14-24)30(6)33/h7-14,29H,15-20H2,1-6H3/q+1. The van der Waals surface area contributed by atoms with Crippen LogP contribution in [0.4, 0.5) is 21.0 Å². The molecule has 1 N–H and O–H groups in total. The molecule has 0 fully saturated rings. The van der Waals surface area contributed by atoms with Gasteiger partial charge in [-0.15, -0.1) is 0 Å². The molecule has 0 amide bonds. The normalized spacial score (nSPS) is 11.4. The highest BCUT2D eigenvalue weighted by atomic mass is 16.7. The fraction of sp³-hybridized carbons (Fsp3) is 0.500. The van der Waals surface area contributed by atoms with E-state index in [1.54, 1.807) is 31.3 Å². The van der Waals surface area contributed by atoms with Gasteiger partial charge in [0.05, 0.1) is 31.0 Å². The van der Waals surface area contributed by atoms with E-state index in [0.29, 0.717) is 35.6 Å². The number of anilines is 1. The first-order valence-corrected chi connectivity index (χ1v) is 12.6. The molecule has 0 aliphatic rings. The van der Waals surface area contributed by atoms with E-state index in [-0.39, 0.29) is 25.6 Å². The van der Waals surface area contributed by atoms with Crippen molar-refractivity contribution in [1.29, 1.82) is 0 Å². The molecule has 0 atom stereocenters. The topological polar surface area (TPSA) is 122 Å². The van der Waals surface area contributed by atoms with Gasteiger partial charge in [0.15, 0.2) is 7.05 Å². The summed E-state index contributed by atoms with van der Waals surface area (Å²) in [5.74, 6) is 0.673. The molecule has 0 bridgehead atoms. The Balaban J connectivity index is 1.59. The van der Waals surface area contributed by atoms with Crippen LogP contribution in [0.15, 0.2) is 48.5 Å². The maximum absolute atomic E-state index is 11.9. The second-order valence-corrected chi connectivity index (χ2v) is 9.88. The summed E-state index contributed by atoms with van der Waals surface area (Å²) in [5.41, 5.74) is 0.302. The Morgan fingerprint density at radius 2 is 1.18 bits per heavy atom. The lowest BCUT2D eigenvalue weighted by atomic mass is 10.0. The molecule has 11 nitrogen and oxygen atoms in total. The Hall–Kier alpha value is -3.70. The van der Waals surface area contributed by atoms with E-state index in [1.165, 1.54) is 31.3 Å². The van der Waals surface area contributed by atoms with Crippen LogP contribution in [0.1, 0.15) is 40.5 Å². The van der Waals surface area contributed by atoms with E-state index in [9.17, 15) is 14.5 Å². The predicted molar refractivity (Wildman–Crippen MR) is 145 cm³/mol. The summed E-state index contributed by atoms with van der Waals surface area (Å²) in [7, 11) is 3.18. The SMILES string of the molecule is CNc1ccc(OC(=O)OCCC(C)(C)OCCC(C)(C)OCCOC(=O)Oc2ccc([N+](C)=O)cc2)cc1. The van der Waals surface area contributed by atoms with Crippen LogP contribution in [0.25, 0.3) is 0 Å². The van der Waals surface area contributed by atoms with Crippen LogP contribution in [-0.4, -0.2) is 68.8 Å². The number of nitrogens with one attached hydrogen (secondary N) is 1. The van der Waals surface area contributed by atoms with Crippen molar-refractivity contribution in [2.24, 2.45) is 0 Å². The van der Waals surface area contributed by atoms with E-state index in [1.807, 2.05) is 27.7 Å². The van der Waals surface area contributed by atoms with Crippen LogP contribution < -0.4 is 14.8 Å². The third kappa shape index (κ3) is 12.6. The highest BCUT2D eigenvalue weighted by Gasteiger charge is 2.23. The number of hydrogen-bond donors (Lipinski definition) is 1. The fourth-order valence-electron chi connectivity index (χ4n) is 3.21. The van der Waals surface area contributed by atoms with Gasteiger partial charge in [0, 0.05) is 41.0 Å². The summed E-state index contributed by atoms with van der Waals surface area (Å²) in [4.78, 5) is 35.0. The van der Waals surface area contributed by atoms with Gasteiger partial charge in [0.25, 0.3) is 5.69 Å². The molecule has 0 heterocycles. The van der Waals surface area contributed by atoms with E-state index in [4.69, 9.17) is 28.4 Å². The van der Waals surface area contributed by atoms with Crippen molar-refractivity contribution in [3.05, 3.63) is 53.4 Å². The maximum atomic E-state index is 11.9. The first-order valence-electron chi connectivity index (χ1n) is 12.6. The molecule has 0 unspecified atom stereocenters. The third-order valence-corrected chi connectivity index (χ3v) is 5.66. The van der Waals surface area contributed by atoms with Gasteiger partial charge in [-0.05, 0) is 70.5 Å². The first-order chi connectivity index (χ1) is 18.4. The maximum Gasteiger partial charge on any atom is 0.513 e. The van der Waals surface area contributed by atoms with Crippen LogP contribution in [0.3, 0.4) is 0 Å². The number of benzene rings is 2. The van der Waals surface area contributed by atoms with Crippen molar-refractivity contribution in [1.82, 2.24) is 0 Å². The zero-order valence-corrected chi connectivity index (χ0v) is 23.5. The lowest BCUT2D eigenvalue weighted by Gasteiger charge is -2.29. The van der Waals surface area contributed by atoms with Crippen LogP contribution in [0, 0.1) is 4.91 Å². The second kappa shape index (κ2) is 15.0. The molecule has 39 heavy (non-hydrogen) atoms. The van der Waals surface area contributed by atoms with Crippen LogP contribution in [0.2, 0.25) is 0 Å². The quantitative estimate of drug-likeness (QED) is 0.125. The van der Waals surface area contributed by atoms with Gasteiger partial charge in [0.2, 0.25) is 0 Å². The molecule has 0 radical (unpaired) electrons. The number of nitrogens with zero attached hydrogens (tertiary/aromatic N) is 1. The predicted octanol–water partition coefficient (Wildman–Crippen LogP) is 5.87. The van der Waals surface area contributed by atoms with Gasteiger partial charge in [0.1, 0.15) is 18.1 Å². The summed E-state index contributed by atoms with van der Waals surface area (Å²) in [6.07, 6.45) is -0.558. The summed E-state index contributed by atoms with van der Waals surface area (Å²) < 4.78 is 33.0. The number of carbonyl (C=O) groups is 2. The lowest BCUT2D eigenvalue weighted by molar-refractivity contribution is -0.428. The summed E-state index contributed by atoms with van der Waals surface area (Å²) in [5, 5.41) is 2.99. The number of hydrogen-bond acceptors (Lipinski definition) is 10. The Bertz CT molecular complexity index is 1070. The van der Waals surface area contributed by atoms with Crippen molar-refractivity contribution in [3.8, 4) is 11.5 Å². The molecule has 0 spiro atoms. The van der Waals surface area contributed by atoms with Gasteiger partial charge in [-0.25, -0.2) is 9.59 Å². The smallest absolute Gasteiger partial charge is 0.434 e. The van der Waals surface area contributed by atoms with Gasteiger partial charge in [-0.2, -0.15) is 0 Å². The Labute approximate surface area is 229 Å². The molecular weight excluding hydrogens is 508 g/mol. The van der Waals surface area contributed by atoms with Gasteiger partial charge < -0.3 is 33.7 Å². The molecule has 0 saturated carbocycles. The number of carbonyl (C=O) groups excluding carboxylic acids is 2. The molecule has 11 heteroatoms. The van der Waals surface area contributed by atoms with Crippen molar-refractivity contribution >= 4 is 23.7 Å². The van der Waals surface area contributed by atoms with Crippen molar-refractivity contribution in [2.75, 3.05) is 45.8 Å². The zero-order chi connectivity index (χ0) is 28.9. The van der Waals surface area contributed by atoms with Crippen LogP contribution >= 0.6 is 0 Å². The van der Waals surface area contributed by atoms with Crippen molar-refractivity contribution < 1.29 is 42.8 Å². The minimum Gasteiger partial charge on any atom is -0.434 e. The summed E-state index contributed by atoms with van der Waals surface area (Å²) in [6.45, 7) is 8.42. The molecule has 0 aromatic heterocycles. The largest absolute Gasteiger partial charge is 0.513 e. The average Bonchev–Trinajstić information content (AvgIpc) is 2.87. The molecule has 0 aliphatic carbocycles. The van der Waals surface area contributed by atoms with E-state index in [0.717, 1.165) is 5.69 Å². The fourth-order valence-corrected chi connectivity index (χ4v) is 3.21. The second-order valence-electron chi connectivity index (χ2n) is 9.88. The minimum absolute atomic E-state index is 0.0169. The van der Waals surface area contributed by atoms with Crippen molar-refractivity contribution in [2.45, 2.75) is 51.7 Å². The van der Waals surface area contributed by atoms with Gasteiger partial charge in [-0.1, -0.05) is 0 Å². The number of rotatable bonds is 15. The molecule has 2 rings (SSSR count).